The predicted octanol–water partition coefficient (Wildman–Crippen LogP) is 3.97. The highest BCUT2D eigenvalue weighted by Crippen LogP contribution is 2.53. The molecule has 0 aliphatic carbocycles. The second-order valence-corrected chi connectivity index (χ2v) is 10.2. The number of aromatic carboxylic acids is 1. The van der Waals surface area contributed by atoms with Gasteiger partial charge in [0.15, 0.2) is 0 Å². The van der Waals surface area contributed by atoms with Crippen LogP contribution in [0.4, 0.5) is 5.69 Å². The van der Waals surface area contributed by atoms with Gasteiger partial charge in [0, 0.05) is 30.6 Å². The number of hydrogen-bond acceptors (Lipinski definition) is 6. The number of amides is 1. The van der Waals surface area contributed by atoms with Crippen molar-refractivity contribution < 1.29 is 28.9 Å². The zero-order chi connectivity index (χ0) is 24.7. The standard InChI is InChI=1S/C27H32N2O6/c1-27(2)20-12-16-14-29(15-24(30)28-21-7-5-4-6-18(21)26(31)32)11-10-22(16)34-25(20)19-9-8-17(33-3)13-23(19)35-27/h4-9,13,16,20,22,25H,10-12,14-15H2,1-3H3,(H,28,30)(H,31,32)/t16-,20+,22+,25-/m0/s1. The minimum absolute atomic E-state index is 0.0247. The van der Waals surface area contributed by atoms with Crippen LogP contribution in [0.15, 0.2) is 42.5 Å². The molecule has 5 rings (SSSR count). The number of fused-ring (bicyclic) bond motifs is 4. The van der Waals surface area contributed by atoms with Crippen molar-refractivity contribution in [1.29, 1.82) is 0 Å². The Kier molecular flexibility index (Phi) is 6.19. The van der Waals surface area contributed by atoms with Gasteiger partial charge in [-0.1, -0.05) is 12.1 Å². The number of nitrogens with zero attached hydrogens (tertiary/aromatic N) is 1. The van der Waals surface area contributed by atoms with Crippen molar-refractivity contribution in [2.45, 2.75) is 44.5 Å². The summed E-state index contributed by atoms with van der Waals surface area (Å²) in [4.78, 5) is 26.3. The number of carboxylic acid groups (broad SMARTS) is 1. The van der Waals surface area contributed by atoms with Gasteiger partial charge in [-0.25, -0.2) is 4.79 Å². The molecule has 2 saturated heterocycles. The molecular weight excluding hydrogens is 448 g/mol. The molecule has 0 saturated carbocycles. The van der Waals surface area contributed by atoms with Crippen LogP contribution in [-0.2, 0) is 9.53 Å². The number of hydrogen-bond donors (Lipinski definition) is 2. The fourth-order valence-electron chi connectivity index (χ4n) is 5.80. The van der Waals surface area contributed by atoms with Crippen LogP contribution in [-0.4, -0.2) is 60.3 Å². The second kappa shape index (κ2) is 9.17. The van der Waals surface area contributed by atoms with Crippen LogP contribution in [0.3, 0.4) is 0 Å². The number of para-hydroxylation sites is 1. The lowest BCUT2D eigenvalue weighted by Gasteiger charge is -2.53. The van der Waals surface area contributed by atoms with Gasteiger partial charge in [-0.2, -0.15) is 0 Å². The fourth-order valence-corrected chi connectivity index (χ4v) is 5.80. The summed E-state index contributed by atoms with van der Waals surface area (Å²) in [6.45, 7) is 5.96. The van der Waals surface area contributed by atoms with E-state index in [1.54, 1.807) is 25.3 Å². The van der Waals surface area contributed by atoms with Gasteiger partial charge in [0.25, 0.3) is 0 Å². The van der Waals surface area contributed by atoms with Crippen LogP contribution in [0.25, 0.3) is 0 Å². The number of likely N-dealkylation sites (tertiary alicyclic amines) is 1. The van der Waals surface area contributed by atoms with E-state index in [9.17, 15) is 14.7 Å². The van der Waals surface area contributed by atoms with E-state index in [-0.39, 0.29) is 36.1 Å². The van der Waals surface area contributed by atoms with Crippen LogP contribution in [0.2, 0.25) is 0 Å². The lowest BCUT2D eigenvalue weighted by Crippen LogP contribution is -2.55. The van der Waals surface area contributed by atoms with Crippen LogP contribution >= 0.6 is 0 Å². The third kappa shape index (κ3) is 4.60. The molecular formula is C27H32N2O6. The summed E-state index contributed by atoms with van der Waals surface area (Å²) in [5.41, 5.74) is 1.09. The smallest absolute Gasteiger partial charge is 0.337 e. The second-order valence-electron chi connectivity index (χ2n) is 10.2. The molecule has 4 atom stereocenters. The van der Waals surface area contributed by atoms with Crippen molar-refractivity contribution in [3.8, 4) is 11.5 Å². The fraction of sp³-hybridized carbons (Fsp3) is 0.481. The van der Waals surface area contributed by atoms with E-state index < -0.39 is 11.6 Å². The molecule has 3 aliphatic heterocycles. The van der Waals surface area contributed by atoms with Gasteiger partial charge < -0.3 is 24.6 Å². The first-order valence-electron chi connectivity index (χ1n) is 12.1. The van der Waals surface area contributed by atoms with Gasteiger partial charge in [0.05, 0.1) is 37.1 Å². The zero-order valence-corrected chi connectivity index (χ0v) is 20.3. The maximum Gasteiger partial charge on any atom is 0.337 e. The molecule has 35 heavy (non-hydrogen) atoms. The van der Waals surface area contributed by atoms with Gasteiger partial charge in [-0.15, -0.1) is 0 Å². The largest absolute Gasteiger partial charge is 0.497 e. The summed E-state index contributed by atoms with van der Waals surface area (Å²) in [6, 6.07) is 12.4. The van der Waals surface area contributed by atoms with Crippen LogP contribution in [0.5, 0.6) is 11.5 Å². The summed E-state index contributed by atoms with van der Waals surface area (Å²) >= 11 is 0. The molecule has 0 spiro atoms. The molecule has 0 bridgehead atoms. The Labute approximate surface area is 205 Å². The number of ether oxygens (including phenoxy) is 3. The van der Waals surface area contributed by atoms with Crippen LogP contribution in [0, 0.1) is 11.8 Å². The maximum atomic E-state index is 12.7. The first-order chi connectivity index (χ1) is 16.7. The molecule has 8 heteroatoms. The highest BCUT2D eigenvalue weighted by molar-refractivity contribution is 6.01. The number of carbonyl (C=O) groups is 2. The monoisotopic (exact) mass is 480 g/mol. The van der Waals surface area contributed by atoms with Crippen LogP contribution in [0.1, 0.15) is 48.7 Å². The summed E-state index contributed by atoms with van der Waals surface area (Å²) in [5, 5.41) is 12.1. The van der Waals surface area contributed by atoms with Crippen molar-refractivity contribution in [2.75, 3.05) is 32.1 Å². The first kappa shape index (κ1) is 23.6. The van der Waals surface area contributed by atoms with Crippen molar-refractivity contribution in [1.82, 2.24) is 4.90 Å². The Balaban J connectivity index is 1.26. The summed E-state index contributed by atoms with van der Waals surface area (Å²) < 4.78 is 18.5. The van der Waals surface area contributed by atoms with Gasteiger partial charge in [0.1, 0.15) is 17.1 Å². The molecule has 8 nitrogen and oxygen atoms in total. The number of benzene rings is 2. The van der Waals surface area contributed by atoms with Crippen molar-refractivity contribution in [3.05, 3.63) is 53.6 Å². The molecule has 3 heterocycles. The predicted molar refractivity (Wildman–Crippen MR) is 130 cm³/mol. The number of carbonyl (C=O) groups excluding carboxylic acids is 1. The maximum absolute atomic E-state index is 12.7. The van der Waals surface area contributed by atoms with Crippen molar-refractivity contribution in [2.24, 2.45) is 11.8 Å². The normalized spacial score (nSPS) is 26.9. The topological polar surface area (TPSA) is 97.3 Å². The van der Waals surface area contributed by atoms with Gasteiger partial charge in [-0.05, 0) is 56.9 Å². The van der Waals surface area contributed by atoms with E-state index in [1.165, 1.54) is 6.07 Å². The first-order valence-corrected chi connectivity index (χ1v) is 12.1. The Hall–Kier alpha value is -3.10. The van der Waals surface area contributed by atoms with E-state index in [4.69, 9.17) is 14.2 Å². The summed E-state index contributed by atoms with van der Waals surface area (Å²) in [5.74, 6) is 0.811. The van der Waals surface area contributed by atoms with Crippen molar-refractivity contribution in [3.63, 3.8) is 0 Å². The molecule has 0 aromatic heterocycles. The number of piperidine rings is 1. The Morgan fingerprint density at radius 3 is 2.80 bits per heavy atom. The van der Waals surface area contributed by atoms with Crippen molar-refractivity contribution >= 4 is 17.6 Å². The lowest BCUT2D eigenvalue weighted by molar-refractivity contribution is -0.187. The van der Waals surface area contributed by atoms with E-state index >= 15 is 0 Å². The quantitative estimate of drug-likeness (QED) is 0.668. The highest BCUT2D eigenvalue weighted by Gasteiger charge is 2.51. The molecule has 3 aliphatic rings. The average molecular weight is 481 g/mol. The molecule has 0 unspecified atom stereocenters. The Morgan fingerprint density at radius 1 is 1.23 bits per heavy atom. The average Bonchev–Trinajstić information content (AvgIpc) is 2.82. The lowest BCUT2D eigenvalue weighted by atomic mass is 9.70. The minimum atomic E-state index is -1.06. The number of methoxy groups -OCH3 is 1. The Morgan fingerprint density at radius 2 is 2.03 bits per heavy atom. The molecule has 2 aromatic rings. The van der Waals surface area contributed by atoms with E-state index in [0.29, 0.717) is 11.6 Å². The van der Waals surface area contributed by atoms with Gasteiger partial charge in [0.2, 0.25) is 5.91 Å². The van der Waals surface area contributed by atoms with Gasteiger partial charge in [-0.3, -0.25) is 9.69 Å². The Bertz CT molecular complexity index is 1130. The van der Waals surface area contributed by atoms with Crippen LogP contribution < -0.4 is 14.8 Å². The number of rotatable bonds is 5. The third-order valence-electron chi connectivity index (χ3n) is 7.58. The molecule has 2 aromatic carbocycles. The van der Waals surface area contributed by atoms with E-state index in [0.717, 1.165) is 43.0 Å². The molecule has 1 amide bonds. The molecule has 2 N–H and O–H groups in total. The van der Waals surface area contributed by atoms with Gasteiger partial charge >= 0.3 is 5.97 Å². The zero-order valence-electron chi connectivity index (χ0n) is 20.3. The van der Waals surface area contributed by atoms with E-state index in [1.807, 2.05) is 12.1 Å². The number of carboxylic acids is 1. The van der Waals surface area contributed by atoms with E-state index in [2.05, 4.69) is 30.1 Å². The molecule has 186 valence electrons. The highest BCUT2D eigenvalue weighted by atomic mass is 16.5. The molecule has 0 radical (unpaired) electrons. The summed E-state index contributed by atoms with van der Waals surface area (Å²) in [7, 11) is 1.65. The third-order valence-corrected chi connectivity index (χ3v) is 7.58. The minimum Gasteiger partial charge on any atom is -0.497 e. The summed E-state index contributed by atoms with van der Waals surface area (Å²) in [6.07, 6.45) is 1.91. The number of anilines is 1. The molecule has 2 fully saturated rings. The number of nitrogens with one attached hydrogen (secondary N) is 1. The SMILES string of the molecule is COc1ccc2c(c1)OC(C)(C)[C@@H]1C[C@H]3CN(CC(=O)Nc4ccccc4C(=O)O)CC[C@H]3O[C@@H]21.